The average Bonchev–Trinajstić information content (AvgIpc) is 3.17. The SMILES string of the molecule is CCCCc1nc2c(N)nc3cc(C4=CCN(C)CC4)sc3c2[nH]1. The first-order valence-electron chi connectivity index (χ1n) is 8.61. The lowest BCUT2D eigenvalue weighted by atomic mass is 10.1. The molecule has 0 saturated heterocycles. The van der Waals surface area contributed by atoms with Crippen LogP contribution in [0.2, 0.25) is 0 Å². The number of nitrogens with two attached hydrogens (primary N) is 1. The third-order valence-electron chi connectivity index (χ3n) is 4.67. The summed E-state index contributed by atoms with van der Waals surface area (Å²) in [5.74, 6) is 1.54. The van der Waals surface area contributed by atoms with Crippen molar-refractivity contribution in [3.63, 3.8) is 0 Å². The number of nitrogens with one attached hydrogen (secondary N) is 1. The molecule has 24 heavy (non-hydrogen) atoms. The number of aryl methyl sites for hydroxylation is 1. The molecular weight excluding hydrogens is 318 g/mol. The highest BCUT2D eigenvalue weighted by molar-refractivity contribution is 7.20. The molecule has 3 N–H and O–H groups in total. The van der Waals surface area contributed by atoms with Crippen molar-refractivity contribution in [1.29, 1.82) is 0 Å². The largest absolute Gasteiger partial charge is 0.382 e. The summed E-state index contributed by atoms with van der Waals surface area (Å²) >= 11 is 1.80. The Kier molecular flexibility index (Phi) is 4.02. The molecule has 0 bridgehead atoms. The number of aromatic amines is 1. The highest BCUT2D eigenvalue weighted by Gasteiger charge is 2.17. The first-order valence-corrected chi connectivity index (χ1v) is 9.43. The van der Waals surface area contributed by atoms with Gasteiger partial charge in [-0.15, -0.1) is 11.3 Å². The van der Waals surface area contributed by atoms with Gasteiger partial charge >= 0.3 is 0 Å². The van der Waals surface area contributed by atoms with E-state index in [2.05, 4.69) is 46.0 Å². The molecule has 0 fully saturated rings. The normalized spacial score (nSPS) is 16.2. The van der Waals surface area contributed by atoms with Gasteiger partial charge in [-0.1, -0.05) is 19.4 Å². The van der Waals surface area contributed by atoms with E-state index < -0.39 is 0 Å². The zero-order valence-corrected chi connectivity index (χ0v) is 15.0. The molecule has 0 aliphatic carbocycles. The minimum Gasteiger partial charge on any atom is -0.382 e. The number of H-pyrrole nitrogens is 1. The molecule has 4 rings (SSSR count). The Labute approximate surface area is 145 Å². The lowest BCUT2D eigenvalue weighted by molar-refractivity contribution is 0.370. The van der Waals surface area contributed by atoms with Crippen LogP contribution in [0.3, 0.4) is 0 Å². The van der Waals surface area contributed by atoms with Crippen LogP contribution in [0.1, 0.15) is 36.9 Å². The van der Waals surface area contributed by atoms with E-state index in [-0.39, 0.29) is 0 Å². The second kappa shape index (κ2) is 6.18. The molecule has 0 amide bonds. The number of unbranched alkanes of at least 4 members (excludes halogenated alkanes) is 1. The number of aromatic nitrogens is 3. The highest BCUT2D eigenvalue weighted by atomic mass is 32.1. The predicted octanol–water partition coefficient (Wildman–Crippen LogP) is 3.82. The Bertz CT molecular complexity index is 920. The molecule has 0 radical (unpaired) electrons. The van der Waals surface area contributed by atoms with Crippen LogP contribution in [-0.2, 0) is 6.42 Å². The van der Waals surface area contributed by atoms with Crippen LogP contribution in [-0.4, -0.2) is 40.0 Å². The van der Waals surface area contributed by atoms with Crippen molar-refractivity contribution in [2.45, 2.75) is 32.6 Å². The van der Waals surface area contributed by atoms with Crippen LogP contribution >= 0.6 is 11.3 Å². The number of hydrogen-bond acceptors (Lipinski definition) is 5. The Morgan fingerprint density at radius 1 is 1.38 bits per heavy atom. The van der Waals surface area contributed by atoms with Crippen molar-refractivity contribution in [3.8, 4) is 0 Å². The fourth-order valence-electron chi connectivity index (χ4n) is 3.21. The molecule has 0 spiro atoms. The second-order valence-corrected chi connectivity index (χ2v) is 7.63. The number of nitrogen functional groups attached to an aromatic ring is 1. The minimum absolute atomic E-state index is 0.526. The molecule has 3 aromatic rings. The Morgan fingerprint density at radius 3 is 3.00 bits per heavy atom. The summed E-state index contributed by atoms with van der Waals surface area (Å²) in [6.45, 7) is 4.31. The number of nitrogens with zero attached hydrogens (tertiary/aromatic N) is 3. The summed E-state index contributed by atoms with van der Waals surface area (Å²) in [5.41, 5.74) is 10.4. The van der Waals surface area contributed by atoms with Crippen LogP contribution in [0.4, 0.5) is 5.82 Å². The average molecular weight is 341 g/mol. The van der Waals surface area contributed by atoms with Gasteiger partial charge in [0.1, 0.15) is 11.3 Å². The minimum atomic E-state index is 0.526. The number of anilines is 1. The van der Waals surface area contributed by atoms with Gasteiger partial charge < -0.3 is 15.6 Å². The van der Waals surface area contributed by atoms with Crippen LogP contribution in [0.15, 0.2) is 12.1 Å². The van der Waals surface area contributed by atoms with E-state index in [1.54, 1.807) is 11.3 Å². The van der Waals surface area contributed by atoms with Crippen LogP contribution < -0.4 is 5.73 Å². The van der Waals surface area contributed by atoms with Gasteiger partial charge in [0.05, 0.1) is 15.7 Å². The van der Waals surface area contributed by atoms with Crippen molar-refractivity contribution in [2.24, 2.45) is 0 Å². The van der Waals surface area contributed by atoms with Crippen LogP contribution in [0, 0.1) is 0 Å². The van der Waals surface area contributed by atoms with Crippen LogP contribution in [0.5, 0.6) is 0 Å². The molecule has 126 valence electrons. The van der Waals surface area contributed by atoms with Crippen LogP contribution in [0.25, 0.3) is 26.8 Å². The van der Waals surface area contributed by atoms with E-state index in [9.17, 15) is 0 Å². The van der Waals surface area contributed by atoms with E-state index in [1.807, 2.05) is 0 Å². The summed E-state index contributed by atoms with van der Waals surface area (Å²) in [6, 6.07) is 2.18. The maximum absolute atomic E-state index is 6.16. The van der Waals surface area contributed by atoms with Gasteiger partial charge in [0.2, 0.25) is 0 Å². The first kappa shape index (κ1) is 15.6. The number of rotatable bonds is 4. The summed E-state index contributed by atoms with van der Waals surface area (Å²) in [7, 11) is 2.16. The van der Waals surface area contributed by atoms with Gasteiger partial charge in [-0.3, -0.25) is 0 Å². The third kappa shape index (κ3) is 2.70. The Hall–Kier alpha value is -1.92. The number of imidazole rings is 1. The van der Waals surface area contributed by atoms with Gasteiger partial charge in [0.15, 0.2) is 5.82 Å². The van der Waals surface area contributed by atoms with E-state index >= 15 is 0 Å². The van der Waals surface area contributed by atoms with Crippen molar-refractivity contribution >= 4 is 44.0 Å². The lowest BCUT2D eigenvalue weighted by Gasteiger charge is -2.21. The number of fused-ring (bicyclic) bond motifs is 3. The van der Waals surface area contributed by atoms with Gasteiger partial charge in [0.25, 0.3) is 0 Å². The molecule has 4 heterocycles. The monoisotopic (exact) mass is 341 g/mol. The third-order valence-corrected chi connectivity index (χ3v) is 5.89. The smallest absolute Gasteiger partial charge is 0.152 e. The summed E-state index contributed by atoms with van der Waals surface area (Å²) < 4.78 is 1.17. The second-order valence-electron chi connectivity index (χ2n) is 6.57. The molecule has 1 aliphatic rings. The lowest BCUT2D eigenvalue weighted by Crippen LogP contribution is -2.23. The summed E-state index contributed by atoms with van der Waals surface area (Å²) in [4.78, 5) is 16.4. The molecule has 5 nitrogen and oxygen atoms in total. The molecular formula is C18H23N5S. The zero-order chi connectivity index (χ0) is 16.7. The summed E-state index contributed by atoms with van der Waals surface area (Å²) in [5, 5.41) is 0. The molecule has 0 aromatic carbocycles. The number of thiophene rings is 1. The van der Waals surface area contributed by atoms with E-state index in [0.717, 1.165) is 61.1 Å². The van der Waals surface area contributed by atoms with Crippen molar-refractivity contribution in [2.75, 3.05) is 25.9 Å². The van der Waals surface area contributed by atoms with Crippen molar-refractivity contribution in [3.05, 3.63) is 22.8 Å². The molecule has 0 unspecified atom stereocenters. The van der Waals surface area contributed by atoms with E-state index in [4.69, 9.17) is 5.73 Å². The van der Waals surface area contributed by atoms with Gasteiger partial charge in [-0.05, 0) is 31.5 Å². The highest BCUT2D eigenvalue weighted by Crippen LogP contribution is 2.37. The number of hydrogen-bond donors (Lipinski definition) is 2. The quantitative estimate of drug-likeness (QED) is 0.757. The number of pyridine rings is 1. The van der Waals surface area contributed by atoms with E-state index in [1.165, 1.54) is 15.2 Å². The molecule has 0 saturated carbocycles. The number of likely N-dealkylation sites (N-methyl/N-ethyl adjacent to an activating group) is 1. The zero-order valence-electron chi connectivity index (χ0n) is 14.2. The van der Waals surface area contributed by atoms with Gasteiger partial charge in [0, 0.05) is 24.4 Å². The fourth-order valence-corrected chi connectivity index (χ4v) is 4.38. The molecule has 3 aromatic heterocycles. The summed E-state index contributed by atoms with van der Waals surface area (Å²) in [6.07, 6.45) is 6.67. The maximum Gasteiger partial charge on any atom is 0.152 e. The standard InChI is InChI=1S/C18H23N5S/c1-3-4-5-14-21-15-16(22-14)18(19)20-12-10-13(24-17(12)15)11-6-8-23(2)9-7-11/h6,10H,3-5,7-9H2,1-2H3,(H2,19,20)(H,21,22). The van der Waals surface area contributed by atoms with Crippen molar-refractivity contribution < 1.29 is 0 Å². The molecule has 0 atom stereocenters. The first-order chi connectivity index (χ1) is 11.7. The Balaban J connectivity index is 1.81. The van der Waals surface area contributed by atoms with Crippen molar-refractivity contribution in [1.82, 2.24) is 19.9 Å². The van der Waals surface area contributed by atoms with Gasteiger partial charge in [-0.2, -0.15) is 0 Å². The van der Waals surface area contributed by atoms with E-state index in [0.29, 0.717) is 5.82 Å². The molecule has 6 heteroatoms. The molecule has 1 aliphatic heterocycles. The predicted molar refractivity (Wildman–Crippen MR) is 102 cm³/mol. The van der Waals surface area contributed by atoms with Gasteiger partial charge in [-0.25, -0.2) is 9.97 Å². The fraction of sp³-hybridized carbons (Fsp3) is 0.444. The maximum atomic E-state index is 6.16. The topological polar surface area (TPSA) is 70.8 Å². The Morgan fingerprint density at radius 2 is 2.25 bits per heavy atom.